The van der Waals surface area contributed by atoms with E-state index in [9.17, 15) is 13.6 Å². The normalized spacial score (nSPS) is 12.2. The van der Waals surface area contributed by atoms with E-state index in [-0.39, 0.29) is 17.5 Å². The zero-order valence-corrected chi connectivity index (χ0v) is 8.97. The Hall–Kier alpha value is -1.49. The Kier molecular flexibility index (Phi) is 4.37. The fourth-order valence-corrected chi connectivity index (χ4v) is 1.27. The van der Waals surface area contributed by atoms with Crippen LogP contribution in [0.5, 0.6) is 0 Å². The predicted octanol–water partition coefficient (Wildman–Crippen LogP) is 1.89. The summed E-state index contributed by atoms with van der Waals surface area (Å²) < 4.78 is 25.6. The van der Waals surface area contributed by atoms with Crippen molar-refractivity contribution in [3.63, 3.8) is 0 Å². The van der Waals surface area contributed by atoms with Crippen molar-refractivity contribution in [3.05, 3.63) is 29.8 Å². The molecule has 1 unspecified atom stereocenters. The molecule has 0 aliphatic rings. The molecule has 1 aromatic carbocycles. The van der Waals surface area contributed by atoms with Gasteiger partial charge in [-0.25, -0.2) is 8.78 Å². The molecule has 0 aliphatic carbocycles. The van der Waals surface area contributed by atoms with Gasteiger partial charge in [-0.1, -0.05) is 6.92 Å². The van der Waals surface area contributed by atoms with Crippen molar-refractivity contribution in [1.29, 1.82) is 0 Å². The largest absolute Gasteiger partial charge is 0.330 e. The van der Waals surface area contributed by atoms with Crippen molar-refractivity contribution in [2.24, 2.45) is 11.7 Å². The molecule has 1 amide bonds. The summed E-state index contributed by atoms with van der Waals surface area (Å²) in [6, 6.07) is 2.88. The molecule has 5 heteroatoms. The van der Waals surface area contributed by atoms with Gasteiger partial charge in [-0.3, -0.25) is 4.79 Å². The van der Waals surface area contributed by atoms with E-state index in [1.165, 1.54) is 0 Å². The molecule has 1 aromatic rings. The number of hydrogen-bond donors (Lipinski definition) is 2. The molecule has 0 heterocycles. The van der Waals surface area contributed by atoms with Crippen molar-refractivity contribution in [1.82, 2.24) is 0 Å². The first-order valence-electron chi connectivity index (χ1n) is 5.00. The lowest BCUT2D eigenvalue weighted by Crippen LogP contribution is -2.22. The molecule has 0 aliphatic heterocycles. The van der Waals surface area contributed by atoms with E-state index in [1.807, 2.05) is 0 Å². The average molecular weight is 228 g/mol. The van der Waals surface area contributed by atoms with E-state index in [0.29, 0.717) is 13.0 Å². The molecule has 0 aromatic heterocycles. The van der Waals surface area contributed by atoms with Crippen LogP contribution in [0.25, 0.3) is 0 Å². The smallest absolute Gasteiger partial charge is 0.227 e. The van der Waals surface area contributed by atoms with E-state index in [1.54, 1.807) is 6.92 Å². The fourth-order valence-electron chi connectivity index (χ4n) is 1.27. The third-order valence-electron chi connectivity index (χ3n) is 2.18. The second kappa shape index (κ2) is 5.55. The lowest BCUT2D eigenvalue weighted by Gasteiger charge is -2.11. The number of carbonyl (C=O) groups is 1. The number of anilines is 1. The average Bonchev–Trinajstić information content (AvgIpc) is 2.16. The van der Waals surface area contributed by atoms with E-state index in [2.05, 4.69) is 5.32 Å². The zero-order chi connectivity index (χ0) is 12.1. The minimum atomic E-state index is -0.721. The molecular weight excluding hydrogens is 214 g/mol. The van der Waals surface area contributed by atoms with Crippen LogP contribution in [0, 0.1) is 17.6 Å². The van der Waals surface area contributed by atoms with Gasteiger partial charge < -0.3 is 11.1 Å². The van der Waals surface area contributed by atoms with Gasteiger partial charge in [0, 0.05) is 17.7 Å². The van der Waals surface area contributed by atoms with Crippen molar-refractivity contribution >= 4 is 11.6 Å². The Bertz CT molecular complexity index is 362. The van der Waals surface area contributed by atoms with Crippen molar-refractivity contribution < 1.29 is 13.6 Å². The molecule has 16 heavy (non-hydrogen) atoms. The molecule has 0 spiro atoms. The summed E-state index contributed by atoms with van der Waals surface area (Å²) in [5, 5.41) is 2.43. The van der Waals surface area contributed by atoms with E-state index in [4.69, 9.17) is 5.73 Å². The fraction of sp³-hybridized carbons (Fsp3) is 0.364. The number of halogens is 2. The summed E-state index contributed by atoms with van der Waals surface area (Å²) in [5.41, 5.74) is 5.43. The van der Waals surface area contributed by atoms with Crippen molar-refractivity contribution in [2.75, 3.05) is 11.9 Å². The number of carbonyl (C=O) groups excluding carboxylic acids is 1. The minimum Gasteiger partial charge on any atom is -0.330 e. The quantitative estimate of drug-likeness (QED) is 0.826. The third kappa shape index (κ3) is 3.58. The maximum absolute atomic E-state index is 12.8. The highest BCUT2D eigenvalue weighted by Gasteiger charge is 2.12. The maximum atomic E-state index is 12.8. The molecule has 1 atom stereocenters. The van der Waals surface area contributed by atoms with E-state index >= 15 is 0 Å². The third-order valence-corrected chi connectivity index (χ3v) is 2.18. The van der Waals surface area contributed by atoms with Gasteiger partial charge in [0.1, 0.15) is 11.6 Å². The predicted molar refractivity (Wildman–Crippen MR) is 57.8 cm³/mol. The maximum Gasteiger partial charge on any atom is 0.227 e. The number of rotatable bonds is 4. The number of hydrogen-bond acceptors (Lipinski definition) is 2. The Morgan fingerprint density at radius 2 is 1.94 bits per heavy atom. The van der Waals surface area contributed by atoms with Gasteiger partial charge in [0.05, 0.1) is 0 Å². The van der Waals surface area contributed by atoms with Gasteiger partial charge in [-0.15, -0.1) is 0 Å². The first-order valence-corrected chi connectivity index (χ1v) is 5.00. The zero-order valence-electron chi connectivity index (χ0n) is 8.97. The van der Waals surface area contributed by atoms with Gasteiger partial charge >= 0.3 is 0 Å². The lowest BCUT2D eigenvalue weighted by atomic mass is 10.1. The van der Waals surface area contributed by atoms with Gasteiger partial charge in [0.15, 0.2) is 0 Å². The number of benzene rings is 1. The van der Waals surface area contributed by atoms with Gasteiger partial charge in [0.2, 0.25) is 5.91 Å². The van der Waals surface area contributed by atoms with Crippen molar-refractivity contribution in [3.8, 4) is 0 Å². The molecular formula is C11H14F2N2O. The van der Waals surface area contributed by atoms with E-state index < -0.39 is 11.6 Å². The number of nitrogens with two attached hydrogens (primary N) is 1. The molecule has 0 bridgehead atoms. The summed E-state index contributed by atoms with van der Waals surface area (Å²) >= 11 is 0. The van der Waals surface area contributed by atoms with Crippen LogP contribution >= 0.6 is 0 Å². The lowest BCUT2D eigenvalue weighted by molar-refractivity contribution is -0.119. The Balaban J connectivity index is 2.69. The van der Waals surface area contributed by atoms with Gasteiger partial charge in [-0.2, -0.15) is 0 Å². The Morgan fingerprint density at radius 1 is 1.38 bits per heavy atom. The number of nitrogens with one attached hydrogen (secondary N) is 1. The van der Waals surface area contributed by atoms with Crippen LogP contribution in [-0.2, 0) is 4.79 Å². The van der Waals surface area contributed by atoms with Crippen LogP contribution in [0.2, 0.25) is 0 Å². The first kappa shape index (κ1) is 12.6. The molecule has 1 rings (SSSR count). The molecule has 0 radical (unpaired) electrons. The SMILES string of the molecule is CC(CCN)C(=O)Nc1cc(F)cc(F)c1. The highest BCUT2D eigenvalue weighted by molar-refractivity contribution is 5.92. The monoisotopic (exact) mass is 228 g/mol. The molecule has 88 valence electrons. The summed E-state index contributed by atoms with van der Waals surface area (Å²) in [7, 11) is 0. The van der Waals surface area contributed by atoms with Crippen molar-refractivity contribution in [2.45, 2.75) is 13.3 Å². The van der Waals surface area contributed by atoms with Gasteiger partial charge in [-0.05, 0) is 25.1 Å². The standard InChI is InChI=1S/C11H14F2N2O/c1-7(2-3-14)11(16)15-10-5-8(12)4-9(13)6-10/h4-7H,2-3,14H2,1H3,(H,15,16). The van der Waals surface area contributed by atoms with Crippen LogP contribution in [-0.4, -0.2) is 12.5 Å². The van der Waals surface area contributed by atoms with Crippen LogP contribution in [0.15, 0.2) is 18.2 Å². The molecule has 0 saturated heterocycles. The Morgan fingerprint density at radius 3 is 2.44 bits per heavy atom. The highest BCUT2D eigenvalue weighted by Crippen LogP contribution is 2.14. The molecule has 3 N–H and O–H groups in total. The minimum absolute atomic E-state index is 0.117. The van der Waals surface area contributed by atoms with Crippen LogP contribution in [0.1, 0.15) is 13.3 Å². The summed E-state index contributed by atoms with van der Waals surface area (Å²) in [5.74, 6) is -2.02. The first-order chi connectivity index (χ1) is 7.52. The second-order valence-corrected chi connectivity index (χ2v) is 3.63. The van der Waals surface area contributed by atoms with Crippen LogP contribution in [0.4, 0.5) is 14.5 Å². The summed E-state index contributed by atoms with van der Waals surface area (Å²) in [6.07, 6.45) is 0.531. The van der Waals surface area contributed by atoms with E-state index in [0.717, 1.165) is 18.2 Å². The topological polar surface area (TPSA) is 55.1 Å². The highest BCUT2D eigenvalue weighted by atomic mass is 19.1. The summed E-state index contributed by atoms with van der Waals surface area (Å²) in [6.45, 7) is 2.10. The molecule has 3 nitrogen and oxygen atoms in total. The summed E-state index contributed by atoms with van der Waals surface area (Å²) in [4.78, 5) is 11.5. The second-order valence-electron chi connectivity index (χ2n) is 3.63. The van der Waals surface area contributed by atoms with Crippen LogP contribution in [0.3, 0.4) is 0 Å². The van der Waals surface area contributed by atoms with Crippen LogP contribution < -0.4 is 11.1 Å². The molecule has 0 saturated carbocycles. The molecule has 0 fully saturated rings. The van der Waals surface area contributed by atoms with Gasteiger partial charge in [0.25, 0.3) is 0 Å². The Labute approximate surface area is 92.6 Å². The number of amides is 1.